The molecule has 1 aliphatic rings. The number of hydrogen-bond acceptors (Lipinski definition) is 4. The second-order valence-corrected chi connectivity index (χ2v) is 10.8. The fourth-order valence-electron chi connectivity index (χ4n) is 3.11. The van der Waals surface area contributed by atoms with Gasteiger partial charge in [0.1, 0.15) is 11.6 Å². The Morgan fingerprint density at radius 3 is 2.32 bits per heavy atom. The minimum Gasteiger partial charge on any atom is -0.359 e. The van der Waals surface area contributed by atoms with Gasteiger partial charge in [0.25, 0.3) is 19.7 Å². The first-order chi connectivity index (χ1) is 13.2. The minimum absolute atomic E-state index is 0.265. The van der Waals surface area contributed by atoms with Crippen LogP contribution in [0.4, 0.5) is 4.39 Å². The molecular formula is C19H23FN2O4S2. The van der Waals surface area contributed by atoms with Crippen molar-refractivity contribution < 1.29 is 26.0 Å². The number of rotatable bonds is 6. The summed E-state index contributed by atoms with van der Waals surface area (Å²) >= 11 is 0. The van der Waals surface area contributed by atoms with Crippen molar-refractivity contribution in [1.29, 1.82) is 0 Å². The summed E-state index contributed by atoms with van der Waals surface area (Å²) in [7, 11) is -9.09. The van der Waals surface area contributed by atoms with E-state index in [2.05, 4.69) is 4.79 Å². The molecule has 2 rings (SSSR count). The zero-order valence-corrected chi connectivity index (χ0v) is 17.0. The standard InChI is InChI=1S/C19H23FN2O4S2/c20-18(14-17-10-5-2-6-11-17)15-28(25,26)19(22-21)27(23,24)13-7-12-16-8-3-1-4-9-16/h2,5-7,10-12,14,16H,1,3-4,8-9,13,15H2. The third kappa shape index (κ3) is 6.51. The number of halogens is 1. The Bertz CT molecular complexity index is 988. The Labute approximate surface area is 165 Å². The Hall–Kier alpha value is -2.09. The summed E-state index contributed by atoms with van der Waals surface area (Å²) in [6.07, 6.45) is 9.36. The maximum absolute atomic E-state index is 14.1. The highest BCUT2D eigenvalue weighted by Gasteiger charge is 2.41. The first-order valence-electron chi connectivity index (χ1n) is 9.00. The molecule has 0 atom stereocenters. The molecule has 1 aliphatic carbocycles. The van der Waals surface area contributed by atoms with Crippen molar-refractivity contribution in [1.82, 2.24) is 0 Å². The Balaban J connectivity index is 2.11. The van der Waals surface area contributed by atoms with Gasteiger partial charge in [-0.15, -0.1) is 4.79 Å². The monoisotopic (exact) mass is 426 g/mol. The van der Waals surface area contributed by atoms with Crippen LogP contribution in [0.3, 0.4) is 0 Å². The molecule has 9 heteroatoms. The van der Waals surface area contributed by atoms with Crippen LogP contribution in [0.2, 0.25) is 0 Å². The molecule has 0 aromatic heterocycles. The lowest BCUT2D eigenvalue weighted by Gasteiger charge is -2.17. The van der Waals surface area contributed by atoms with Gasteiger partial charge in [-0.2, -0.15) is 0 Å². The molecule has 0 amide bonds. The summed E-state index contributed by atoms with van der Waals surface area (Å²) < 4.78 is 61.9. The molecule has 1 aromatic rings. The molecule has 1 fully saturated rings. The van der Waals surface area contributed by atoms with Gasteiger partial charge in [0.15, 0.2) is 0 Å². The average molecular weight is 427 g/mol. The van der Waals surface area contributed by atoms with Crippen molar-refractivity contribution in [3.05, 3.63) is 59.4 Å². The quantitative estimate of drug-likeness (QED) is 0.228. The lowest BCUT2D eigenvalue weighted by Crippen LogP contribution is -2.29. The van der Waals surface area contributed by atoms with Crippen LogP contribution >= 0.6 is 0 Å². The minimum atomic E-state index is -4.67. The summed E-state index contributed by atoms with van der Waals surface area (Å²) in [5.74, 6) is -2.61. The molecule has 0 bridgehead atoms. The number of sulfone groups is 2. The molecule has 0 spiro atoms. The van der Waals surface area contributed by atoms with E-state index >= 15 is 0 Å². The van der Waals surface area contributed by atoms with Crippen LogP contribution in [0.25, 0.3) is 11.6 Å². The van der Waals surface area contributed by atoms with Crippen LogP contribution < -0.4 is 0 Å². The fraction of sp³-hybridized carbons (Fsp3) is 0.421. The van der Waals surface area contributed by atoms with Crippen molar-refractivity contribution >= 4 is 30.1 Å². The SMILES string of the molecule is [N-]=[N+]=C(S(=O)(=O)CC=CC1CCCCC1)S(=O)(=O)CC(F)=Cc1ccccc1. The molecule has 1 saturated carbocycles. The number of nitrogens with zero attached hydrogens (tertiary/aromatic N) is 2. The number of allylic oxidation sites excluding steroid dienone is 1. The molecule has 152 valence electrons. The van der Waals surface area contributed by atoms with E-state index in [1.165, 1.54) is 6.08 Å². The van der Waals surface area contributed by atoms with Crippen molar-refractivity contribution in [2.45, 2.75) is 32.1 Å². The van der Waals surface area contributed by atoms with Crippen LogP contribution in [0.5, 0.6) is 0 Å². The van der Waals surface area contributed by atoms with Crippen molar-refractivity contribution in [2.24, 2.45) is 5.92 Å². The lowest BCUT2D eigenvalue weighted by molar-refractivity contribution is 0.00383. The van der Waals surface area contributed by atoms with E-state index in [9.17, 15) is 21.2 Å². The van der Waals surface area contributed by atoms with Crippen molar-refractivity contribution in [2.75, 3.05) is 11.5 Å². The van der Waals surface area contributed by atoms with E-state index in [0.29, 0.717) is 5.56 Å². The van der Waals surface area contributed by atoms with E-state index in [1.54, 1.807) is 36.4 Å². The first kappa shape index (κ1) is 22.2. The summed E-state index contributed by atoms with van der Waals surface area (Å²) in [4.78, 5) is 2.47. The molecular weight excluding hydrogens is 403 g/mol. The van der Waals surface area contributed by atoms with E-state index < -0.39 is 41.4 Å². The molecule has 0 aliphatic heterocycles. The van der Waals surface area contributed by atoms with Crippen LogP contribution in [0.15, 0.2) is 48.3 Å². The van der Waals surface area contributed by atoms with Gasteiger partial charge in [-0.25, -0.2) is 21.2 Å². The third-order valence-electron chi connectivity index (χ3n) is 4.44. The van der Waals surface area contributed by atoms with Gasteiger partial charge in [0, 0.05) is 0 Å². The van der Waals surface area contributed by atoms with E-state index in [-0.39, 0.29) is 5.92 Å². The van der Waals surface area contributed by atoms with Gasteiger partial charge in [-0.05, 0) is 30.4 Å². The van der Waals surface area contributed by atoms with Gasteiger partial charge < -0.3 is 5.53 Å². The number of benzene rings is 1. The third-order valence-corrected chi connectivity index (χ3v) is 8.48. The Morgan fingerprint density at radius 1 is 1.07 bits per heavy atom. The van der Waals surface area contributed by atoms with Crippen LogP contribution in [0, 0.1) is 5.92 Å². The second-order valence-electron chi connectivity index (χ2n) is 6.73. The largest absolute Gasteiger partial charge is 0.495 e. The Morgan fingerprint density at radius 2 is 1.71 bits per heavy atom. The van der Waals surface area contributed by atoms with Gasteiger partial charge in [-0.1, -0.05) is 61.7 Å². The van der Waals surface area contributed by atoms with Gasteiger partial charge in [0.05, 0.1) is 5.75 Å². The van der Waals surface area contributed by atoms with E-state index in [1.807, 2.05) is 0 Å². The highest BCUT2D eigenvalue weighted by atomic mass is 32.3. The summed E-state index contributed by atoms with van der Waals surface area (Å²) in [5.41, 5.74) is 9.44. The summed E-state index contributed by atoms with van der Waals surface area (Å²) in [5, 5.41) is 0. The maximum Gasteiger partial charge on any atom is 0.495 e. The Kier molecular flexibility index (Phi) is 7.86. The van der Waals surface area contributed by atoms with Gasteiger partial charge in [0.2, 0.25) is 0 Å². The highest BCUT2D eigenvalue weighted by Crippen LogP contribution is 2.24. The van der Waals surface area contributed by atoms with E-state index in [4.69, 9.17) is 5.53 Å². The molecule has 6 nitrogen and oxygen atoms in total. The predicted octanol–water partition coefficient (Wildman–Crippen LogP) is 3.55. The molecule has 0 radical (unpaired) electrons. The summed E-state index contributed by atoms with van der Waals surface area (Å²) in [6.45, 7) is 0. The van der Waals surface area contributed by atoms with Crippen molar-refractivity contribution in [3.63, 3.8) is 0 Å². The fourth-order valence-corrected chi connectivity index (χ4v) is 6.36. The van der Waals surface area contributed by atoms with Gasteiger partial charge >= 0.3 is 4.38 Å². The predicted molar refractivity (Wildman–Crippen MR) is 107 cm³/mol. The van der Waals surface area contributed by atoms with Crippen molar-refractivity contribution in [3.8, 4) is 0 Å². The molecule has 0 unspecified atom stereocenters. The maximum atomic E-state index is 14.1. The number of hydrogen-bond donors (Lipinski definition) is 0. The molecule has 1 aromatic carbocycles. The molecule has 0 saturated heterocycles. The highest BCUT2D eigenvalue weighted by molar-refractivity contribution is 8.31. The lowest BCUT2D eigenvalue weighted by atomic mass is 9.89. The van der Waals surface area contributed by atoms with E-state index in [0.717, 1.165) is 38.2 Å². The normalized spacial score (nSPS) is 16.8. The molecule has 0 N–H and O–H groups in total. The van der Waals surface area contributed by atoms with Crippen LogP contribution in [0.1, 0.15) is 37.7 Å². The van der Waals surface area contributed by atoms with Gasteiger partial charge in [-0.3, -0.25) is 0 Å². The zero-order chi connectivity index (χ0) is 20.6. The molecule has 28 heavy (non-hydrogen) atoms. The topological polar surface area (TPSA) is 105 Å². The average Bonchev–Trinajstić information content (AvgIpc) is 2.62. The van der Waals surface area contributed by atoms with Crippen LogP contribution in [-0.4, -0.2) is 37.5 Å². The first-order valence-corrected chi connectivity index (χ1v) is 12.3. The second kappa shape index (κ2) is 9.91. The molecule has 0 heterocycles. The summed E-state index contributed by atoms with van der Waals surface area (Å²) in [6, 6.07) is 8.16. The smallest absolute Gasteiger partial charge is 0.359 e. The zero-order valence-electron chi connectivity index (χ0n) is 15.4. The van der Waals surface area contributed by atoms with Crippen LogP contribution in [-0.2, 0) is 19.7 Å².